The third-order valence-corrected chi connectivity index (χ3v) is 9.90. The second-order valence-corrected chi connectivity index (χ2v) is 13.3. The Kier molecular flexibility index (Phi) is 9.67. The highest BCUT2D eigenvalue weighted by Crippen LogP contribution is 2.39. The van der Waals surface area contributed by atoms with Crippen LogP contribution < -0.4 is 4.72 Å². The summed E-state index contributed by atoms with van der Waals surface area (Å²) in [5, 5.41) is 10.1. The minimum absolute atomic E-state index is 0.0292. The van der Waals surface area contributed by atoms with Gasteiger partial charge in [0.05, 0.1) is 36.6 Å². The molecule has 1 fully saturated rings. The van der Waals surface area contributed by atoms with Gasteiger partial charge in [-0.15, -0.1) is 0 Å². The van der Waals surface area contributed by atoms with E-state index in [1.807, 2.05) is 72.8 Å². The van der Waals surface area contributed by atoms with E-state index in [1.165, 1.54) is 0 Å². The first-order valence-electron chi connectivity index (χ1n) is 14.4. The minimum atomic E-state index is -3.62. The van der Waals surface area contributed by atoms with Crippen molar-refractivity contribution >= 4 is 33.2 Å². The van der Waals surface area contributed by atoms with Crippen LogP contribution in [-0.2, 0) is 39.2 Å². The van der Waals surface area contributed by atoms with Crippen LogP contribution in [0.4, 0.5) is 0 Å². The van der Waals surface area contributed by atoms with Gasteiger partial charge in [0.2, 0.25) is 10.0 Å². The van der Waals surface area contributed by atoms with Crippen molar-refractivity contribution in [1.29, 1.82) is 0 Å². The zero-order valence-corrected chi connectivity index (χ0v) is 26.4. The Morgan fingerprint density at radius 2 is 1.58 bits per heavy atom. The summed E-state index contributed by atoms with van der Waals surface area (Å²) in [6.07, 6.45) is 1.04. The van der Waals surface area contributed by atoms with E-state index < -0.39 is 16.3 Å². The van der Waals surface area contributed by atoms with Gasteiger partial charge in [0.25, 0.3) is 0 Å². The fourth-order valence-corrected chi connectivity index (χ4v) is 6.63. The molecular weight excluding hydrogens is 633 g/mol. The summed E-state index contributed by atoms with van der Waals surface area (Å²) in [6.45, 7) is 0.586. The van der Waals surface area contributed by atoms with E-state index in [0.717, 1.165) is 33.4 Å². The highest BCUT2D eigenvalue weighted by molar-refractivity contribution is 7.89. The number of aromatic nitrogens is 2. The summed E-state index contributed by atoms with van der Waals surface area (Å²) < 4.78 is 42.7. The van der Waals surface area contributed by atoms with Crippen molar-refractivity contribution in [3.05, 3.63) is 142 Å². The van der Waals surface area contributed by atoms with Gasteiger partial charge in [-0.2, -0.15) is 0 Å². The molecule has 0 unspecified atom stereocenters. The van der Waals surface area contributed by atoms with Crippen LogP contribution in [0.2, 0.25) is 10.3 Å². The van der Waals surface area contributed by atoms with E-state index in [-0.39, 0.29) is 35.4 Å². The molecular formula is C34H31Cl2N3O5S. The summed E-state index contributed by atoms with van der Waals surface area (Å²) in [5.74, 6) is 0. The first kappa shape index (κ1) is 31.4. The van der Waals surface area contributed by atoms with Crippen molar-refractivity contribution in [3.8, 4) is 11.1 Å². The van der Waals surface area contributed by atoms with Gasteiger partial charge in [-0.3, -0.25) is 0 Å². The molecule has 232 valence electrons. The molecule has 1 saturated heterocycles. The Bertz CT molecular complexity index is 1850. The summed E-state index contributed by atoms with van der Waals surface area (Å²) in [7, 11) is -3.62. The smallest absolute Gasteiger partial charge is 0.240 e. The van der Waals surface area contributed by atoms with Crippen LogP contribution in [0.25, 0.3) is 11.1 Å². The number of hydrogen-bond donors (Lipinski definition) is 2. The molecule has 8 nitrogen and oxygen atoms in total. The van der Waals surface area contributed by atoms with Crippen molar-refractivity contribution in [2.45, 2.75) is 49.5 Å². The lowest BCUT2D eigenvalue weighted by molar-refractivity contribution is -0.252. The van der Waals surface area contributed by atoms with E-state index in [4.69, 9.17) is 32.7 Å². The van der Waals surface area contributed by atoms with Crippen molar-refractivity contribution in [1.82, 2.24) is 14.3 Å². The van der Waals surface area contributed by atoms with Crippen LogP contribution >= 0.6 is 23.2 Å². The highest BCUT2D eigenvalue weighted by atomic mass is 35.5. The maximum atomic E-state index is 12.7. The van der Waals surface area contributed by atoms with Crippen molar-refractivity contribution in [2.75, 3.05) is 0 Å². The van der Waals surface area contributed by atoms with E-state index in [9.17, 15) is 13.5 Å². The lowest BCUT2D eigenvalue weighted by Gasteiger charge is -2.36. The molecule has 0 bridgehead atoms. The van der Waals surface area contributed by atoms with Crippen molar-refractivity contribution in [3.63, 3.8) is 0 Å². The SMILES string of the molecule is O=S(=O)(NCc1cccc(-c2ccc([C@H]3O[C@@H](Cn4cnc(Cl)c4Cl)C[C@@H](c4ccc(CO)cc4)O3)cc2)c1)c1ccccc1. The average molecular weight is 665 g/mol. The summed E-state index contributed by atoms with van der Waals surface area (Å²) in [5.41, 5.74) is 5.42. The predicted molar refractivity (Wildman–Crippen MR) is 173 cm³/mol. The Hall–Kier alpha value is -3.54. The highest BCUT2D eigenvalue weighted by Gasteiger charge is 2.33. The van der Waals surface area contributed by atoms with Gasteiger partial charge in [-0.05, 0) is 46.0 Å². The zero-order valence-electron chi connectivity index (χ0n) is 24.1. The average Bonchev–Trinajstić information content (AvgIpc) is 3.40. The number of aliphatic hydroxyl groups is 1. The Morgan fingerprint density at radius 3 is 2.27 bits per heavy atom. The van der Waals surface area contributed by atoms with Crippen LogP contribution in [0, 0.1) is 0 Å². The topological polar surface area (TPSA) is 103 Å². The number of benzene rings is 4. The van der Waals surface area contributed by atoms with Gasteiger partial charge in [0.15, 0.2) is 11.4 Å². The Balaban J connectivity index is 1.19. The molecule has 1 aliphatic heterocycles. The van der Waals surface area contributed by atoms with Crippen LogP contribution in [-0.4, -0.2) is 29.2 Å². The quantitative estimate of drug-likeness (QED) is 0.166. The molecule has 2 heterocycles. The van der Waals surface area contributed by atoms with Gasteiger partial charge in [0.1, 0.15) is 5.15 Å². The normalized spacial score (nSPS) is 18.6. The van der Waals surface area contributed by atoms with Crippen LogP contribution in [0.5, 0.6) is 0 Å². The molecule has 5 aromatic rings. The molecule has 0 saturated carbocycles. The molecule has 4 aromatic carbocycles. The molecule has 1 aliphatic rings. The number of imidazole rings is 1. The largest absolute Gasteiger partial charge is 0.392 e. The number of ether oxygens (including phenoxy) is 2. The van der Waals surface area contributed by atoms with Gasteiger partial charge >= 0.3 is 0 Å². The fourth-order valence-electron chi connectivity index (χ4n) is 5.28. The lowest BCUT2D eigenvalue weighted by atomic mass is 9.99. The number of halogens is 2. The third-order valence-electron chi connectivity index (χ3n) is 7.71. The van der Waals surface area contributed by atoms with E-state index in [0.29, 0.717) is 18.1 Å². The Morgan fingerprint density at radius 1 is 0.844 bits per heavy atom. The molecule has 0 spiro atoms. The molecule has 0 radical (unpaired) electrons. The van der Waals surface area contributed by atoms with Gasteiger partial charge < -0.3 is 19.1 Å². The molecule has 0 amide bonds. The summed E-state index contributed by atoms with van der Waals surface area (Å²) >= 11 is 12.4. The van der Waals surface area contributed by atoms with Crippen molar-refractivity contribution < 1.29 is 23.0 Å². The predicted octanol–water partition coefficient (Wildman–Crippen LogP) is 7.07. The maximum Gasteiger partial charge on any atom is 0.240 e. The van der Waals surface area contributed by atoms with Crippen LogP contribution in [0.1, 0.15) is 41.1 Å². The van der Waals surface area contributed by atoms with Gasteiger partial charge in [0, 0.05) is 18.5 Å². The van der Waals surface area contributed by atoms with Crippen LogP contribution in [0.3, 0.4) is 0 Å². The van der Waals surface area contributed by atoms with E-state index >= 15 is 0 Å². The first-order chi connectivity index (χ1) is 21.8. The minimum Gasteiger partial charge on any atom is -0.392 e. The van der Waals surface area contributed by atoms with Crippen molar-refractivity contribution in [2.24, 2.45) is 0 Å². The maximum absolute atomic E-state index is 12.7. The Labute approximate surface area is 272 Å². The third kappa shape index (κ3) is 7.48. The number of nitrogens with zero attached hydrogens (tertiary/aromatic N) is 2. The number of aliphatic hydroxyl groups excluding tert-OH is 1. The molecule has 11 heteroatoms. The molecule has 1 aromatic heterocycles. The first-order valence-corrected chi connectivity index (χ1v) is 16.6. The second-order valence-electron chi connectivity index (χ2n) is 10.8. The lowest BCUT2D eigenvalue weighted by Crippen LogP contribution is -2.32. The number of sulfonamides is 1. The number of rotatable bonds is 10. The standard InChI is InChI=1S/C34H31Cl2N3O5S/c35-32-33(36)39(22-37-32)20-29-18-31(26-11-9-23(21-40)10-12-26)44-34(43-29)27-15-13-25(14-16-27)28-6-4-5-24(17-28)19-38-45(41,42)30-7-2-1-3-8-30/h1-17,22,29,31,34,38,40H,18-21H2/t29-,31+,34+/m1/s1. The van der Waals surface area contributed by atoms with E-state index in [1.54, 1.807) is 41.2 Å². The fraction of sp³-hybridized carbons (Fsp3) is 0.206. The number of nitrogens with one attached hydrogen (secondary N) is 1. The molecule has 2 N–H and O–H groups in total. The number of hydrogen-bond acceptors (Lipinski definition) is 6. The second kappa shape index (κ2) is 13.8. The molecule has 6 rings (SSSR count). The summed E-state index contributed by atoms with van der Waals surface area (Å²) in [6, 6.07) is 31.7. The molecule has 0 aliphatic carbocycles. The van der Waals surface area contributed by atoms with Crippen LogP contribution in [0.15, 0.2) is 114 Å². The molecule has 3 atom stereocenters. The van der Waals surface area contributed by atoms with Gasteiger partial charge in [-0.1, -0.05) is 108 Å². The van der Waals surface area contributed by atoms with Gasteiger partial charge in [-0.25, -0.2) is 18.1 Å². The monoisotopic (exact) mass is 663 g/mol. The molecule has 45 heavy (non-hydrogen) atoms. The zero-order chi connectivity index (χ0) is 31.4. The summed E-state index contributed by atoms with van der Waals surface area (Å²) in [4.78, 5) is 4.32. The van der Waals surface area contributed by atoms with E-state index in [2.05, 4.69) is 9.71 Å².